The maximum absolute atomic E-state index is 12.9. The molecule has 0 saturated carbocycles. The summed E-state index contributed by atoms with van der Waals surface area (Å²) in [7, 11) is 0. The van der Waals surface area contributed by atoms with Crippen LogP contribution in [-0.2, 0) is 6.54 Å². The number of nitrogens with zero attached hydrogens (tertiary/aromatic N) is 3. The number of phenols is 1. The van der Waals surface area contributed by atoms with E-state index < -0.39 is 0 Å². The average Bonchev–Trinajstić information content (AvgIpc) is 2.61. The van der Waals surface area contributed by atoms with E-state index >= 15 is 0 Å². The van der Waals surface area contributed by atoms with Crippen LogP contribution in [0.15, 0.2) is 32.9 Å². The standard InChI is InChI=1S/C18H22N4O3S/c1-4-5-8-22-18(25)14(16(24)15(20-22)10(2)3)17-19-12-7-6-11(23)9-13(12)26-21-17/h6-7,9-10,23-24H,4-5,8H2,1-3H3,(H,19,21). The van der Waals surface area contributed by atoms with Gasteiger partial charge in [-0.05, 0) is 36.6 Å². The molecule has 7 nitrogen and oxygen atoms in total. The minimum absolute atomic E-state index is 0.0386. The lowest BCUT2D eigenvalue weighted by Crippen LogP contribution is -2.34. The fourth-order valence-electron chi connectivity index (χ4n) is 2.67. The van der Waals surface area contributed by atoms with Crippen molar-refractivity contribution in [3.05, 3.63) is 39.8 Å². The lowest BCUT2D eigenvalue weighted by atomic mass is 10.1. The van der Waals surface area contributed by atoms with E-state index in [-0.39, 0.29) is 28.5 Å². The van der Waals surface area contributed by atoms with Crippen LogP contribution < -0.4 is 10.3 Å². The molecule has 3 N–H and O–H groups in total. The maximum Gasteiger partial charge on any atom is 0.281 e. The van der Waals surface area contributed by atoms with E-state index in [1.165, 1.54) is 22.7 Å². The molecule has 138 valence electrons. The smallest absolute Gasteiger partial charge is 0.281 e. The summed E-state index contributed by atoms with van der Waals surface area (Å²) in [5, 5.41) is 24.6. The topological polar surface area (TPSA) is 99.7 Å². The van der Waals surface area contributed by atoms with Gasteiger partial charge in [0.1, 0.15) is 17.0 Å². The minimum Gasteiger partial charge on any atom is -0.508 e. The molecule has 3 rings (SSSR count). The highest BCUT2D eigenvalue weighted by Gasteiger charge is 2.25. The van der Waals surface area contributed by atoms with Crippen molar-refractivity contribution in [2.75, 3.05) is 0 Å². The number of aromatic nitrogens is 2. The first-order valence-electron chi connectivity index (χ1n) is 8.61. The third kappa shape index (κ3) is 3.41. The van der Waals surface area contributed by atoms with Crippen LogP contribution in [0, 0.1) is 0 Å². The Balaban J connectivity index is 2.16. The van der Waals surface area contributed by atoms with Gasteiger partial charge in [-0.2, -0.15) is 5.10 Å². The summed E-state index contributed by atoms with van der Waals surface area (Å²) in [6.45, 7) is 6.38. The lowest BCUT2D eigenvalue weighted by molar-refractivity contribution is 0.435. The number of fused-ring (bicyclic) bond motifs is 1. The molecule has 1 aromatic heterocycles. The maximum atomic E-state index is 12.9. The number of hydrogen-bond acceptors (Lipinski definition) is 7. The summed E-state index contributed by atoms with van der Waals surface area (Å²) in [6.07, 6.45) is 1.76. The van der Waals surface area contributed by atoms with Crippen molar-refractivity contribution in [2.45, 2.75) is 51.0 Å². The molecule has 1 aromatic carbocycles. The summed E-state index contributed by atoms with van der Waals surface area (Å²) in [5.74, 6) is 0.271. The van der Waals surface area contributed by atoms with Gasteiger partial charge in [0.05, 0.1) is 10.6 Å². The third-order valence-corrected chi connectivity index (χ3v) is 4.94. The van der Waals surface area contributed by atoms with Crippen molar-refractivity contribution in [3.8, 4) is 11.5 Å². The van der Waals surface area contributed by atoms with Gasteiger partial charge < -0.3 is 14.9 Å². The zero-order valence-electron chi connectivity index (χ0n) is 15.0. The van der Waals surface area contributed by atoms with E-state index in [4.69, 9.17) is 0 Å². The predicted octanol–water partition coefficient (Wildman–Crippen LogP) is 3.27. The molecule has 1 aliphatic rings. The second-order valence-corrected chi connectivity index (χ2v) is 7.31. The molecule has 0 bridgehead atoms. The van der Waals surface area contributed by atoms with Gasteiger partial charge in [0.25, 0.3) is 5.56 Å². The Morgan fingerprint density at radius 1 is 1.31 bits per heavy atom. The van der Waals surface area contributed by atoms with Gasteiger partial charge in [-0.1, -0.05) is 27.2 Å². The van der Waals surface area contributed by atoms with Crippen molar-refractivity contribution in [1.29, 1.82) is 0 Å². The van der Waals surface area contributed by atoms with Crippen molar-refractivity contribution in [1.82, 2.24) is 14.5 Å². The van der Waals surface area contributed by atoms with Crippen LogP contribution >= 0.6 is 11.9 Å². The first-order valence-corrected chi connectivity index (χ1v) is 9.43. The third-order valence-electron chi connectivity index (χ3n) is 4.10. The van der Waals surface area contributed by atoms with Crippen molar-refractivity contribution < 1.29 is 10.2 Å². The number of aliphatic imine (C=N–C) groups is 1. The molecule has 2 aromatic rings. The van der Waals surface area contributed by atoms with Crippen LogP contribution in [0.1, 0.15) is 50.8 Å². The zero-order chi connectivity index (χ0) is 18.8. The molecule has 0 aliphatic carbocycles. The highest BCUT2D eigenvalue weighted by atomic mass is 32.2. The molecule has 8 heteroatoms. The Labute approximate surface area is 155 Å². The number of amidine groups is 1. The van der Waals surface area contributed by atoms with Crippen LogP contribution in [0.5, 0.6) is 11.5 Å². The molecule has 26 heavy (non-hydrogen) atoms. The molecule has 2 heterocycles. The van der Waals surface area contributed by atoms with Crippen molar-refractivity contribution in [3.63, 3.8) is 0 Å². The lowest BCUT2D eigenvalue weighted by Gasteiger charge is -2.19. The van der Waals surface area contributed by atoms with Crippen LogP contribution in [0.2, 0.25) is 0 Å². The van der Waals surface area contributed by atoms with Crippen LogP contribution in [0.4, 0.5) is 5.69 Å². The SMILES string of the molecule is CCCCn1nc(C(C)C)c(O)c(C2=Nc3ccc(O)cc3SN2)c1=O. The Morgan fingerprint density at radius 3 is 2.77 bits per heavy atom. The van der Waals surface area contributed by atoms with Crippen LogP contribution in [-0.4, -0.2) is 25.8 Å². The summed E-state index contributed by atoms with van der Waals surface area (Å²) in [6, 6.07) is 4.81. The Kier molecular flexibility index (Phi) is 5.22. The quantitative estimate of drug-likeness (QED) is 0.695. The minimum atomic E-state index is -0.366. The zero-order valence-corrected chi connectivity index (χ0v) is 15.8. The first-order chi connectivity index (χ1) is 12.4. The molecule has 1 aliphatic heterocycles. The van der Waals surface area contributed by atoms with Crippen molar-refractivity contribution >= 4 is 23.5 Å². The van der Waals surface area contributed by atoms with Crippen LogP contribution in [0.3, 0.4) is 0 Å². The number of hydrogen-bond donors (Lipinski definition) is 3. The Morgan fingerprint density at radius 2 is 2.08 bits per heavy atom. The number of benzene rings is 1. The van der Waals surface area contributed by atoms with E-state index in [1.54, 1.807) is 12.1 Å². The summed E-state index contributed by atoms with van der Waals surface area (Å²) < 4.78 is 4.42. The summed E-state index contributed by atoms with van der Waals surface area (Å²) in [5.41, 5.74) is 0.866. The van der Waals surface area contributed by atoms with E-state index in [9.17, 15) is 15.0 Å². The van der Waals surface area contributed by atoms with Gasteiger partial charge >= 0.3 is 0 Å². The van der Waals surface area contributed by atoms with Gasteiger partial charge in [0, 0.05) is 12.5 Å². The number of unbranched alkanes of at least 4 members (excludes halogenated alkanes) is 1. The van der Waals surface area contributed by atoms with Gasteiger partial charge in [-0.15, -0.1) is 0 Å². The molecule has 0 atom stereocenters. The monoisotopic (exact) mass is 374 g/mol. The molecular weight excluding hydrogens is 352 g/mol. The first kappa shape index (κ1) is 18.3. The number of aryl methyl sites for hydroxylation is 1. The van der Waals surface area contributed by atoms with Gasteiger partial charge in [0.15, 0.2) is 11.6 Å². The van der Waals surface area contributed by atoms with Gasteiger partial charge in [-0.3, -0.25) is 4.79 Å². The molecular formula is C18H22N4O3S. The van der Waals surface area contributed by atoms with E-state index in [1.807, 2.05) is 20.8 Å². The van der Waals surface area contributed by atoms with Gasteiger partial charge in [0.2, 0.25) is 0 Å². The second kappa shape index (κ2) is 7.41. The van der Waals surface area contributed by atoms with E-state index in [0.29, 0.717) is 23.8 Å². The Hall–Kier alpha value is -2.48. The number of phenolic OH excluding ortho intramolecular Hbond substituents is 1. The highest BCUT2D eigenvalue weighted by Crippen LogP contribution is 2.36. The molecule has 0 saturated heterocycles. The van der Waals surface area contributed by atoms with E-state index in [0.717, 1.165) is 17.7 Å². The normalized spacial score (nSPS) is 13.3. The molecule has 0 fully saturated rings. The fraction of sp³-hybridized carbons (Fsp3) is 0.389. The molecule has 0 amide bonds. The number of aromatic hydroxyl groups is 2. The van der Waals surface area contributed by atoms with Crippen molar-refractivity contribution in [2.24, 2.45) is 4.99 Å². The predicted molar refractivity (Wildman–Crippen MR) is 102 cm³/mol. The summed E-state index contributed by atoms with van der Waals surface area (Å²) >= 11 is 1.24. The largest absolute Gasteiger partial charge is 0.508 e. The van der Waals surface area contributed by atoms with E-state index in [2.05, 4.69) is 14.8 Å². The number of nitrogens with one attached hydrogen (secondary N) is 1. The second-order valence-electron chi connectivity index (χ2n) is 6.46. The van der Waals surface area contributed by atoms with Crippen LogP contribution in [0.25, 0.3) is 0 Å². The average molecular weight is 374 g/mol. The molecule has 0 spiro atoms. The molecule has 0 unspecified atom stereocenters. The molecule has 0 radical (unpaired) electrons. The van der Waals surface area contributed by atoms with Gasteiger partial charge in [-0.25, -0.2) is 9.67 Å². The summed E-state index contributed by atoms with van der Waals surface area (Å²) in [4.78, 5) is 18.1. The fourth-order valence-corrected chi connectivity index (χ4v) is 3.43. The number of rotatable bonds is 5. The Bertz CT molecular complexity index is 921. The highest BCUT2D eigenvalue weighted by molar-refractivity contribution is 7.98.